The van der Waals surface area contributed by atoms with Gasteiger partial charge in [0.1, 0.15) is 12.0 Å². The minimum Gasteiger partial charge on any atom is -0.497 e. The summed E-state index contributed by atoms with van der Waals surface area (Å²) in [4.78, 5) is 40.9. The quantitative estimate of drug-likeness (QED) is 0.348. The number of aryl methyl sites for hydroxylation is 1. The lowest BCUT2D eigenvalue weighted by Gasteiger charge is -2.42. The first-order chi connectivity index (χ1) is 19.0. The monoisotopic (exact) mass is 546 g/mol. The number of aliphatic hydroxyl groups excluding tert-OH is 2. The predicted molar refractivity (Wildman–Crippen MR) is 146 cm³/mol. The molecule has 4 N–H and O–H groups in total. The smallest absolute Gasteiger partial charge is 0.257 e. The Labute approximate surface area is 233 Å². The van der Waals surface area contributed by atoms with Gasteiger partial charge in [0.2, 0.25) is 11.7 Å². The van der Waals surface area contributed by atoms with E-state index in [1.807, 2.05) is 13.8 Å². The molecule has 0 bridgehead atoms. The number of methoxy groups -OCH3 is 1. The summed E-state index contributed by atoms with van der Waals surface area (Å²) in [6, 6.07) is 13.3. The zero-order valence-corrected chi connectivity index (χ0v) is 23.0. The third-order valence-corrected chi connectivity index (χ3v) is 7.37. The predicted octanol–water partition coefficient (Wildman–Crippen LogP) is 2.59. The molecule has 2 atom stereocenters. The maximum atomic E-state index is 13.9. The lowest BCUT2D eigenvalue weighted by atomic mass is 9.90. The topological polar surface area (TPSA) is 152 Å². The molecule has 1 saturated carbocycles. The van der Waals surface area contributed by atoms with E-state index in [0.29, 0.717) is 35.3 Å². The van der Waals surface area contributed by atoms with Gasteiger partial charge in [0, 0.05) is 29.7 Å². The third kappa shape index (κ3) is 6.23. The highest BCUT2D eigenvalue weighted by Crippen LogP contribution is 2.50. The van der Waals surface area contributed by atoms with Gasteiger partial charge in [0.15, 0.2) is 6.35 Å². The van der Waals surface area contributed by atoms with E-state index in [9.17, 15) is 29.9 Å². The molecule has 2 amide bonds. The van der Waals surface area contributed by atoms with Crippen LogP contribution in [-0.4, -0.2) is 58.9 Å². The van der Waals surface area contributed by atoms with Crippen LogP contribution in [0, 0.1) is 29.6 Å². The van der Waals surface area contributed by atoms with Gasteiger partial charge < -0.3 is 19.8 Å². The fourth-order valence-corrected chi connectivity index (χ4v) is 5.13. The highest BCUT2D eigenvalue weighted by Gasteiger charge is 2.49. The lowest BCUT2D eigenvalue weighted by molar-refractivity contribution is -0.122. The van der Waals surface area contributed by atoms with Crippen LogP contribution in [0.25, 0.3) is 0 Å². The number of Topliss-reactive ketones (excluding diaryl/α,β-unsaturated/α-hetero) is 1. The van der Waals surface area contributed by atoms with Crippen LogP contribution in [0.2, 0.25) is 0 Å². The second-order valence-corrected chi connectivity index (χ2v) is 10.8. The van der Waals surface area contributed by atoms with Crippen molar-refractivity contribution in [1.82, 2.24) is 15.5 Å². The number of hydrogen-bond acceptors (Lipinski definition) is 9. The zero-order chi connectivity index (χ0) is 29.2. The molecule has 2 aromatic carbocycles. The number of nitriles is 1. The average Bonchev–Trinajstić information content (AvgIpc) is 3.67. The molecule has 0 saturated heterocycles. The van der Waals surface area contributed by atoms with Gasteiger partial charge in [-0.25, -0.2) is 5.32 Å². The molecule has 2 aromatic rings. The summed E-state index contributed by atoms with van der Waals surface area (Å²) >= 11 is 0. The van der Waals surface area contributed by atoms with E-state index in [-0.39, 0.29) is 30.1 Å². The first kappa shape index (κ1) is 29.0. The van der Waals surface area contributed by atoms with Crippen LogP contribution in [0.1, 0.15) is 65.0 Å². The molecule has 1 aliphatic heterocycles. The van der Waals surface area contributed by atoms with Gasteiger partial charge in [-0.05, 0) is 79.1 Å². The van der Waals surface area contributed by atoms with Crippen molar-refractivity contribution in [3.8, 4) is 11.8 Å². The first-order valence-electron chi connectivity index (χ1n) is 13.1. The molecule has 2 unspecified atom stereocenters. The molecule has 4 rings (SSSR count). The fraction of sp³-hybridized carbons (Fsp3) is 0.400. The molecular weight excluding hydrogens is 512 g/mol. The molecule has 10 nitrogen and oxygen atoms in total. The van der Waals surface area contributed by atoms with Crippen molar-refractivity contribution in [2.75, 3.05) is 13.7 Å². The Bertz CT molecular complexity index is 1390. The second kappa shape index (κ2) is 11.6. The zero-order valence-electron chi connectivity index (χ0n) is 23.0. The minimum atomic E-state index is -1.39. The number of ether oxygens (including phenoxy) is 1. The molecule has 0 aromatic heterocycles. The Hall–Kier alpha value is -4.04. The van der Waals surface area contributed by atoms with Crippen LogP contribution >= 0.6 is 0 Å². The molecule has 40 heavy (non-hydrogen) atoms. The Kier molecular flexibility index (Phi) is 8.40. The first-order valence-corrected chi connectivity index (χ1v) is 13.1. The summed E-state index contributed by atoms with van der Waals surface area (Å²) in [6.45, 7) is 5.60. The molecule has 0 spiro atoms. The van der Waals surface area contributed by atoms with Gasteiger partial charge in [-0.3, -0.25) is 19.7 Å². The molecule has 1 aliphatic carbocycles. The van der Waals surface area contributed by atoms with Crippen molar-refractivity contribution < 1.29 is 29.3 Å². The summed E-state index contributed by atoms with van der Waals surface area (Å²) in [5, 5.41) is 36.3. The van der Waals surface area contributed by atoms with E-state index in [1.54, 1.807) is 43.3 Å². The van der Waals surface area contributed by atoms with E-state index in [4.69, 9.17) is 4.74 Å². The summed E-state index contributed by atoms with van der Waals surface area (Å²) in [5.41, 5.74) is 1.61. The van der Waals surface area contributed by atoms with Gasteiger partial charge >= 0.3 is 0 Å². The number of benzene rings is 2. The fourth-order valence-electron chi connectivity index (χ4n) is 5.13. The van der Waals surface area contributed by atoms with Crippen LogP contribution in [0.5, 0.6) is 5.75 Å². The third-order valence-electron chi connectivity index (χ3n) is 7.37. The Balaban J connectivity index is 1.58. The van der Waals surface area contributed by atoms with E-state index in [1.165, 1.54) is 18.1 Å². The number of nitrogens with zero attached hydrogens (tertiary/aromatic N) is 2. The van der Waals surface area contributed by atoms with Crippen molar-refractivity contribution in [3.05, 3.63) is 76.0 Å². The van der Waals surface area contributed by atoms with Crippen molar-refractivity contribution in [1.29, 1.82) is 5.26 Å². The van der Waals surface area contributed by atoms with Crippen LogP contribution in [0.15, 0.2) is 53.7 Å². The molecule has 10 heteroatoms. The van der Waals surface area contributed by atoms with E-state index >= 15 is 0 Å². The lowest BCUT2D eigenvalue weighted by Crippen LogP contribution is -2.58. The molecule has 210 valence electrons. The number of nitrogens with one attached hydrogen (secondary N) is 2. The largest absolute Gasteiger partial charge is 0.497 e. The minimum absolute atomic E-state index is 0.0160. The number of rotatable bonds is 9. The Morgan fingerprint density at radius 1 is 1.15 bits per heavy atom. The van der Waals surface area contributed by atoms with Crippen molar-refractivity contribution >= 4 is 17.6 Å². The number of aliphatic hydroxyl groups is 2. The second-order valence-electron chi connectivity index (χ2n) is 10.8. The number of carbonyl (C=O) groups is 3. The van der Waals surface area contributed by atoms with Crippen LogP contribution < -0.4 is 15.4 Å². The summed E-state index contributed by atoms with van der Waals surface area (Å²) in [6.07, 6.45) is -1.32. The summed E-state index contributed by atoms with van der Waals surface area (Å²) in [5.74, 6) is -1.09. The van der Waals surface area contributed by atoms with Gasteiger partial charge in [-0.2, -0.15) is 5.26 Å². The van der Waals surface area contributed by atoms with Crippen LogP contribution in [0.4, 0.5) is 0 Å². The highest BCUT2D eigenvalue weighted by molar-refractivity contribution is 6.09. The average molecular weight is 547 g/mol. The molecule has 0 radical (unpaired) electrons. The number of hydrogen-bond donors (Lipinski definition) is 4. The highest BCUT2D eigenvalue weighted by atomic mass is 16.5. The maximum Gasteiger partial charge on any atom is 0.257 e. The number of carbonyl (C=O) groups excluding carboxylic acids is 3. The van der Waals surface area contributed by atoms with Gasteiger partial charge in [0.05, 0.1) is 24.4 Å². The van der Waals surface area contributed by atoms with Crippen molar-refractivity contribution in [2.45, 2.75) is 52.6 Å². The van der Waals surface area contributed by atoms with Crippen LogP contribution in [-0.2, 0) is 4.79 Å². The summed E-state index contributed by atoms with van der Waals surface area (Å²) < 4.78 is 5.10. The molecule has 2 aliphatic rings. The number of amides is 2. The van der Waals surface area contributed by atoms with E-state index in [0.717, 1.165) is 5.56 Å². The molecule has 1 heterocycles. The standard InChI is InChI=1S/C30H34N4O6/c1-17(2)24-25(26(36)21-12-18(3)11-19(13-21)15-31)34(29(39)33-28(24)38)16-30(9-10-30)14-23(35)32-27(37)20-5-7-22(40-4)8-6-20/h5-8,11-13,17,28-29,33,38-39H,9-10,14,16H2,1-4H3,(H,32,35,37). The van der Waals surface area contributed by atoms with E-state index in [2.05, 4.69) is 16.7 Å². The van der Waals surface area contributed by atoms with Crippen molar-refractivity contribution in [2.24, 2.45) is 11.3 Å². The molecule has 1 fully saturated rings. The van der Waals surface area contributed by atoms with Gasteiger partial charge in [0.25, 0.3) is 5.91 Å². The normalized spacial score (nSPS) is 19.7. The molecular formula is C30H34N4O6. The van der Waals surface area contributed by atoms with Gasteiger partial charge in [-0.15, -0.1) is 0 Å². The Morgan fingerprint density at radius 2 is 1.82 bits per heavy atom. The number of imide groups is 1. The Morgan fingerprint density at radius 3 is 2.40 bits per heavy atom. The van der Waals surface area contributed by atoms with E-state index < -0.39 is 35.6 Å². The van der Waals surface area contributed by atoms with Gasteiger partial charge in [-0.1, -0.05) is 13.8 Å². The van der Waals surface area contributed by atoms with Crippen molar-refractivity contribution in [3.63, 3.8) is 0 Å². The van der Waals surface area contributed by atoms with Crippen LogP contribution in [0.3, 0.4) is 0 Å². The summed E-state index contributed by atoms with van der Waals surface area (Å²) in [7, 11) is 1.52. The maximum absolute atomic E-state index is 13.9. The SMILES string of the molecule is COc1ccc(C(=O)NC(=O)CC2(CN3C(C(=O)c4cc(C)cc(C#N)c4)=C(C(C)C)C(O)NC3O)CC2)cc1. The number of ketones is 1. The number of allylic oxidation sites excluding steroid dienone is 1.